The lowest BCUT2D eigenvalue weighted by atomic mass is 10.1. The monoisotopic (exact) mass is 493 g/mol. The van der Waals surface area contributed by atoms with Crippen LogP contribution in [0.1, 0.15) is 19.4 Å². The molecule has 2 heterocycles. The average Bonchev–Trinajstić information content (AvgIpc) is 2.97. The van der Waals surface area contributed by atoms with Gasteiger partial charge in [-0.1, -0.05) is 52.5 Å². The van der Waals surface area contributed by atoms with Gasteiger partial charge in [0.25, 0.3) is 11.5 Å². The lowest BCUT2D eigenvalue weighted by Crippen LogP contribution is -2.32. The first-order chi connectivity index (χ1) is 15.0. The molecular formula is C21H16Cl3N4O4-. The highest BCUT2D eigenvalue weighted by Gasteiger charge is 2.31. The Morgan fingerprint density at radius 3 is 2.41 bits per heavy atom. The van der Waals surface area contributed by atoms with Crippen LogP contribution in [0.25, 0.3) is 6.08 Å². The van der Waals surface area contributed by atoms with Crippen molar-refractivity contribution in [1.29, 1.82) is 0 Å². The predicted octanol–water partition coefficient (Wildman–Crippen LogP) is 3.42. The van der Waals surface area contributed by atoms with Crippen LogP contribution in [0.5, 0.6) is 5.88 Å². The number of nitrogens with one attached hydrogen (secondary N) is 1. The van der Waals surface area contributed by atoms with Gasteiger partial charge >= 0.3 is 5.69 Å². The Balaban J connectivity index is 1.89. The zero-order chi connectivity index (χ0) is 23.7. The molecule has 11 heteroatoms. The average molecular weight is 495 g/mol. The Morgan fingerprint density at radius 2 is 1.78 bits per heavy atom. The number of halogens is 3. The minimum Gasteiger partial charge on any atom is -0.859 e. The van der Waals surface area contributed by atoms with E-state index >= 15 is 0 Å². The van der Waals surface area contributed by atoms with Gasteiger partial charge in [0, 0.05) is 17.6 Å². The van der Waals surface area contributed by atoms with Crippen LogP contribution in [-0.2, 0) is 11.8 Å². The quantitative estimate of drug-likeness (QED) is 0.518. The minimum absolute atomic E-state index is 0.180. The van der Waals surface area contributed by atoms with Crippen LogP contribution in [0, 0.1) is 0 Å². The van der Waals surface area contributed by atoms with E-state index in [1.165, 1.54) is 31.3 Å². The van der Waals surface area contributed by atoms with Crippen LogP contribution in [-0.4, -0.2) is 21.2 Å². The molecule has 1 aliphatic rings. The van der Waals surface area contributed by atoms with Gasteiger partial charge in [0.1, 0.15) is 5.69 Å². The third-order valence-electron chi connectivity index (χ3n) is 4.59. The SMILES string of the molecule is CC(C=Cc1c([O-])n(C)c(=O)[nH]c1=O)=C/C=C1\C(=O)N(c2c(Cl)cc(Cl)cc2Cl)N=C1C. The van der Waals surface area contributed by atoms with Crippen molar-refractivity contribution in [2.45, 2.75) is 13.8 Å². The Labute approximate surface area is 197 Å². The van der Waals surface area contributed by atoms with Gasteiger partial charge in [-0.05, 0) is 44.0 Å². The summed E-state index contributed by atoms with van der Waals surface area (Å²) in [6.45, 7) is 3.37. The number of H-pyrrole nitrogens is 1. The van der Waals surface area contributed by atoms with Gasteiger partial charge in [0.05, 0.1) is 21.3 Å². The van der Waals surface area contributed by atoms with E-state index in [2.05, 4.69) is 10.1 Å². The zero-order valence-corrected chi connectivity index (χ0v) is 19.3. The molecule has 8 nitrogen and oxygen atoms in total. The minimum atomic E-state index is -0.783. The molecule has 1 aromatic carbocycles. The predicted molar refractivity (Wildman–Crippen MR) is 125 cm³/mol. The van der Waals surface area contributed by atoms with Crippen LogP contribution in [0.4, 0.5) is 5.69 Å². The van der Waals surface area contributed by atoms with Crippen molar-refractivity contribution in [1.82, 2.24) is 9.55 Å². The van der Waals surface area contributed by atoms with Gasteiger partial charge in [-0.3, -0.25) is 14.6 Å². The van der Waals surface area contributed by atoms with E-state index in [1.807, 2.05) is 0 Å². The summed E-state index contributed by atoms with van der Waals surface area (Å²) < 4.78 is 0.806. The largest absolute Gasteiger partial charge is 0.859 e. The van der Waals surface area contributed by atoms with Crippen molar-refractivity contribution in [3.63, 3.8) is 0 Å². The Kier molecular flexibility index (Phi) is 6.78. The van der Waals surface area contributed by atoms with E-state index in [9.17, 15) is 19.5 Å². The number of hydrogen-bond donors (Lipinski definition) is 1. The molecule has 2 aromatic rings. The summed E-state index contributed by atoms with van der Waals surface area (Å²) >= 11 is 18.3. The number of allylic oxidation sites excluding steroid dienone is 4. The second kappa shape index (κ2) is 9.20. The number of rotatable bonds is 4. The molecule has 0 spiro atoms. The molecule has 1 aromatic heterocycles. The third kappa shape index (κ3) is 4.57. The van der Waals surface area contributed by atoms with E-state index in [1.54, 1.807) is 26.0 Å². The first-order valence-corrected chi connectivity index (χ1v) is 10.3. The molecule has 0 unspecified atom stereocenters. The van der Waals surface area contributed by atoms with Crippen molar-refractivity contribution in [2.24, 2.45) is 12.1 Å². The standard InChI is InChI=1S/C21H17Cl3N4O4/c1-10(5-7-14-18(29)25-21(32)27(3)19(14)30)4-6-13-11(2)26-28(20(13)31)17-15(23)8-12(22)9-16(17)24/h4-9,30H,1-3H3,(H,25,29,32)/p-1/b7-5?,10-4?,13-6-. The van der Waals surface area contributed by atoms with Crippen LogP contribution in [0.2, 0.25) is 15.1 Å². The smallest absolute Gasteiger partial charge is 0.327 e. The second-order valence-electron chi connectivity index (χ2n) is 6.88. The summed E-state index contributed by atoms with van der Waals surface area (Å²) in [5, 5.41) is 18.1. The van der Waals surface area contributed by atoms with E-state index in [-0.39, 0.29) is 21.3 Å². The zero-order valence-electron chi connectivity index (χ0n) is 17.1. The van der Waals surface area contributed by atoms with Gasteiger partial charge in [-0.25, -0.2) is 4.79 Å². The molecule has 0 atom stereocenters. The normalized spacial score (nSPS) is 15.9. The highest BCUT2D eigenvalue weighted by atomic mass is 35.5. The van der Waals surface area contributed by atoms with E-state index in [4.69, 9.17) is 34.8 Å². The molecule has 0 saturated carbocycles. The topological polar surface area (TPSA) is 111 Å². The fraction of sp³-hybridized carbons (Fsp3) is 0.143. The third-order valence-corrected chi connectivity index (χ3v) is 5.38. The molecule has 0 aliphatic carbocycles. The highest BCUT2D eigenvalue weighted by Crippen LogP contribution is 2.39. The summed E-state index contributed by atoms with van der Waals surface area (Å²) in [6.07, 6.45) is 6.01. The van der Waals surface area contributed by atoms with Crippen molar-refractivity contribution in [3.05, 3.63) is 83.0 Å². The van der Waals surface area contributed by atoms with Crippen molar-refractivity contribution >= 4 is 58.2 Å². The molecule has 0 radical (unpaired) electrons. The number of anilines is 1. The fourth-order valence-corrected chi connectivity index (χ4v) is 3.83. The first kappa shape index (κ1) is 23.6. The van der Waals surface area contributed by atoms with Crippen LogP contribution < -0.4 is 21.4 Å². The fourth-order valence-electron chi connectivity index (χ4n) is 2.85. The number of hydrazone groups is 1. The van der Waals surface area contributed by atoms with Crippen molar-refractivity contribution < 1.29 is 9.90 Å². The summed E-state index contributed by atoms with van der Waals surface area (Å²) in [7, 11) is 1.27. The molecule has 1 amide bonds. The molecule has 3 rings (SSSR count). The number of aromatic amines is 1. The number of hydrogen-bond acceptors (Lipinski definition) is 5. The van der Waals surface area contributed by atoms with Gasteiger partial charge in [0.15, 0.2) is 0 Å². The molecule has 1 aliphatic heterocycles. The maximum atomic E-state index is 12.9. The Bertz CT molecular complexity index is 1340. The van der Waals surface area contributed by atoms with Gasteiger partial charge < -0.3 is 9.67 Å². The second-order valence-corrected chi connectivity index (χ2v) is 8.13. The van der Waals surface area contributed by atoms with E-state index in [0.29, 0.717) is 21.9 Å². The van der Waals surface area contributed by atoms with Crippen LogP contribution in [0.3, 0.4) is 0 Å². The lowest BCUT2D eigenvalue weighted by molar-refractivity contribution is -0.279. The van der Waals surface area contributed by atoms with E-state index < -0.39 is 23.0 Å². The van der Waals surface area contributed by atoms with Gasteiger partial charge in [0.2, 0.25) is 0 Å². The number of amides is 1. The molecule has 0 saturated heterocycles. The van der Waals surface area contributed by atoms with Crippen molar-refractivity contribution in [3.8, 4) is 5.88 Å². The molecule has 0 fully saturated rings. The number of nitrogens with zero attached hydrogens (tertiary/aromatic N) is 3. The number of benzene rings is 1. The van der Waals surface area contributed by atoms with Crippen LogP contribution in [0.15, 0.2) is 56.2 Å². The number of carbonyl (C=O) groups is 1. The Morgan fingerprint density at radius 1 is 1.16 bits per heavy atom. The Hall–Kier alpha value is -3.07. The van der Waals surface area contributed by atoms with Crippen molar-refractivity contribution in [2.75, 3.05) is 5.01 Å². The molecule has 166 valence electrons. The summed E-state index contributed by atoms with van der Waals surface area (Å²) in [5.74, 6) is -1.14. The molecule has 32 heavy (non-hydrogen) atoms. The maximum absolute atomic E-state index is 12.9. The van der Waals surface area contributed by atoms with E-state index in [0.717, 1.165) is 9.58 Å². The summed E-state index contributed by atoms with van der Waals surface area (Å²) in [6, 6.07) is 2.93. The molecular weight excluding hydrogens is 479 g/mol. The maximum Gasteiger partial charge on any atom is 0.327 e. The first-order valence-electron chi connectivity index (χ1n) is 9.12. The summed E-state index contributed by atoms with van der Waals surface area (Å²) in [4.78, 5) is 38.3. The highest BCUT2D eigenvalue weighted by molar-refractivity contribution is 6.43. The number of carbonyl (C=O) groups excluding carboxylic acids is 1. The van der Waals surface area contributed by atoms with Gasteiger partial charge in [-0.15, -0.1) is 0 Å². The number of aromatic nitrogens is 2. The van der Waals surface area contributed by atoms with Gasteiger partial charge in [-0.2, -0.15) is 10.1 Å². The van der Waals surface area contributed by atoms with Crippen LogP contribution >= 0.6 is 34.8 Å². The summed E-state index contributed by atoms with van der Waals surface area (Å²) in [5.41, 5.74) is -0.128. The molecule has 1 N–H and O–H groups in total. The molecule has 0 bridgehead atoms. The lowest BCUT2D eigenvalue weighted by Gasteiger charge is -2.15.